The highest BCUT2D eigenvalue weighted by molar-refractivity contribution is 5.89. The third kappa shape index (κ3) is 2.46. The van der Waals surface area contributed by atoms with Gasteiger partial charge in [-0.3, -0.25) is 4.79 Å². The zero-order valence-electron chi connectivity index (χ0n) is 11.6. The maximum absolute atomic E-state index is 12.5. The number of carbonyl (C=O) groups is 1. The Labute approximate surface area is 119 Å². The number of aryl methyl sites for hydroxylation is 1. The van der Waals surface area contributed by atoms with Crippen molar-refractivity contribution in [2.24, 2.45) is 0 Å². The lowest BCUT2D eigenvalue weighted by molar-refractivity contribution is -0.120. The first-order chi connectivity index (χ1) is 9.78. The molecular weight excluding hydrogens is 248 g/mol. The standard InChI is InChI=1S/C18H18O2/c1-2-13-7-9-14(10-8-13)11-17(19)16-12-20-18-6-4-3-5-15(16)18/h3-10,16H,2,11-12H2,1H3. The highest BCUT2D eigenvalue weighted by Gasteiger charge is 2.29. The fraction of sp³-hybridized carbons (Fsp3) is 0.278. The lowest BCUT2D eigenvalue weighted by atomic mass is 9.92. The molecule has 0 saturated heterocycles. The van der Waals surface area contributed by atoms with Gasteiger partial charge in [0.05, 0.1) is 5.92 Å². The van der Waals surface area contributed by atoms with E-state index in [0.717, 1.165) is 23.3 Å². The van der Waals surface area contributed by atoms with Gasteiger partial charge in [0, 0.05) is 12.0 Å². The van der Waals surface area contributed by atoms with Crippen molar-refractivity contribution in [2.45, 2.75) is 25.7 Å². The third-order valence-corrected chi connectivity index (χ3v) is 3.90. The number of rotatable bonds is 4. The molecular formula is C18H18O2. The molecule has 0 bridgehead atoms. The summed E-state index contributed by atoms with van der Waals surface area (Å²) >= 11 is 0. The molecule has 2 heteroatoms. The van der Waals surface area contributed by atoms with Crippen molar-refractivity contribution in [3.05, 3.63) is 65.2 Å². The molecule has 3 rings (SSSR count). The van der Waals surface area contributed by atoms with E-state index in [4.69, 9.17) is 4.74 Å². The number of ketones is 1. The summed E-state index contributed by atoms with van der Waals surface area (Å²) in [7, 11) is 0. The molecule has 2 aromatic rings. The van der Waals surface area contributed by atoms with Crippen molar-refractivity contribution >= 4 is 5.78 Å². The van der Waals surface area contributed by atoms with Crippen molar-refractivity contribution in [1.82, 2.24) is 0 Å². The van der Waals surface area contributed by atoms with Crippen LogP contribution in [0.25, 0.3) is 0 Å². The zero-order valence-corrected chi connectivity index (χ0v) is 11.6. The van der Waals surface area contributed by atoms with Crippen LogP contribution in [0.1, 0.15) is 29.5 Å². The highest BCUT2D eigenvalue weighted by atomic mass is 16.5. The minimum absolute atomic E-state index is 0.114. The minimum Gasteiger partial charge on any atom is -0.492 e. The largest absolute Gasteiger partial charge is 0.492 e. The van der Waals surface area contributed by atoms with Crippen molar-refractivity contribution in [3.63, 3.8) is 0 Å². The lowest BCUT2D eigenvalue weighted by Gasteiger charge is -2.08. The van der Waals surface area contributed by atoms with Crippen molar-refractivity contribution in [3.8, 4) is 5.75 Å². The second-order valence-electron chi connectivity index (χ2n) is 5.21. The number of fused-ring (bicyclic) bond motifs is 1. The van der Waals surface area contributed by atoms with Crippen molar-refractivity contribution in [1.29, 1.82) is 0 Å². The number of Topliss-reactive ketones (excluding diaryl/α,β-unsaturated/α-hetero) is 1. The summed E-state index contributed by atoms with van der Waals surface area (Å²) in [6.07, 6.45) is 1.50. The van der Waals surface area contributed by atoms with E-state index in [9.17, 15) is 4.79 Å². The van der Waals surface area contributed by atoms with E-state index in [-0.39, 0.29) is 11.7 Å². The van der Waals surface area contributed by atoms with Gasteiger partial charge in [0.25, 0.3) is 0 Å². The number of para-hydroxylation sites is 1. The number of hydrogen-bond acceptors (Lipinski definition) is 2. The van der Waals surface area contributed by atoms with Gasteiger partial charge in [-0.25, -0.2) is 0 Å². The van der Waals surface area contributed by atoms with E-state index in [0.29, 0.717) is 13.0 Å². The molecule has 2 nitrogen and oxygen atoms in total. The van der Waals surface area contributed by atoms with Crippen LogP contribution in [0.4, 0.5) is 0 Å². The van der Waals surface area contributed by atoms with Crippen LogP contribution >= 0.6 is 0 Å². The first-order valence-corrected chi connectivity index (χ1v) is 7.10. The molecule has 20 heavy (non-hydrogen) atoms. The topological polar surface area (TPSA) is 26.3 Å². The molecule has 0 aliphatic carbocycles. The third-order valence-electron chi connectivity index (χ3n) is 3.90. The van der Waals surface area contributed by atoms with Gasteiger partial charge in [-0.15, -0.1) is 0 Å². The van der Waals surface area contributed by atoms with Gasteiger partial charge in [0.1, 0.15) is 18.1 Å². The summed E-state index contributed by atoms with van der Waals surface area (Å²) in [5.74, 6) is 0.975. The van der Waals surface area contributed by atoms with E-state index in [1.807, 2.05) is 24.3 Å². The Morgan fingerprint density at radius 3 is 2.55 bits per heavy atom. The molecule has 0 N–H and O–H groups in total. The number of benzene rings is 2. The molecule has 1 atom stereocenters. The zero-order chi connectivity index (χ0) is 13.9. The lowest BCUT2D eigenvalue weighted by Crippen LogP contribution is -2.16. The normalized spacial score (nSPS) is 16.6. The van der Waals surface area contributed by atoms with E-state index in [1.165, 1.54) is 5.56 Å². The molecule has 102 valence electrons. The number of carbonyl (C=O) groups excluding carboxylic acids is 1. The summed E-state index contributed by atoms with van der Waals surface area (Å²) in [6, 6.07) is 16.1. The highest BCUT2D eigenvalue weighted by Crippen LogP contribution is 2.34. The molecule has 0 radical (unpaired) electrons. The SMILES string of the molecule is CCc1ccc(CC(=O)C2COc3ccccc32)cc1. The molecule has 1 unspecified atom stereocenters. The summed E-state index contributed by atoms with van der Waals surface area (Å²) in [5, 5.41) is 0. The van der Waals surface area contributed by atoms with Crippen LogP contribution in [-0.4, -0.2) is 12.4 Å². The monoisotopic (exact) mass is 266 g/mol. The maximum atomic E-state index is 12.5. The van der Waals surface area contributed by atoms with Gasteiger partial charge in [0.15, 0.2) is 0 Å². The van der Waals surface area contributed by atoms with E-state index >= 15 is 0 Å². The van der Waals surface area contributed by atoms with Gasteiger partial charge < -0.3 is 4.74 Å². The molecule has 1 aliphatic heterocycles. The molecule has 1 aliphatic rings. The Morgan fingerprint density at radius 1 is 1.10 bits per heavy atom. The Bertz CT molecular complexity index is 614. The van der Waals surface area contributed by atoms with Crippen LogP contribution < -0.4 is 4.74 Å². The van der Waals surface area contributed by atoms with Gasteiger partial charge in [0.2, 0.25) is 0 Å². The fourth-order valence-electron chi connectivity index (χ4n) is 2.65. The van der Waals surface area contributed by atoms with E-state index in [1.54, 1.807) is 0 Å². The molecule has 1 heterocycles. The average molecular weight is 266 g/mol. The van der Waals surface area contributed by atoms with Crippen LogP contribution in [-0.2, 0) is 17.6 Å². The molecule has 0 saturated carbocycles. The smallest absolute Gasteiger partial charge is 0.148 e. The van der Waals surface area contributed by atoms with Crippen LogP contribution in [0, 0.1) is 0 Å². The van der Waals surface area contributed by atoms with Gasteiger partial charge in [-0.2, -0.15) is 0 Å². The molecule has 2 aromatic carbocycles. The predicted molar refractivity (Wildman–Crippen MR) is 79.2 cm³/mol. The number of hydrogen-bond donors (Lipinski definition) is 0. The molecule has 0 spiro atoms. The molecule has 0 aromatic heterocycles. The van der Waals surface area contributed by atoms with Gasteiger partial charge in [-0.05, 0) is 23.6 Å². The van der Waals surface area contributed by atoms with Crippen LogP contribution in [0.5, 0.6) is 5.75 Å². The second-order valence-corrected chi connectivity index (χ2v) is 5.21. The summed E-state index contributed by atoms with van der Waals surface area (Å²) in [5.41, 5.74) is 3.41. The predicted octanol–water partition coefficient (Wildman–Crippen LogP) is 3.54. The van der Waals surface area contributed by atoms with E-state index in [2.05, 4.69) is 31.2 Å². The summed E-state index contributed by atoms with van der Waals surface area (Å²) < 4.78 is 5.59. The van der Waals surface area contributed by atoms with Crippen LogP contribution in [0.2, 0.25) is 0 Å². The number of ether oxygens (including phenoxy) is 1. The fourth-order valence-corrected chi connectivity index (χ4v) is 2.65. The Morgan fingerprint density at radius 2 is 1.80 bits per heavy atom. The average Bonchev–Trinajstić information content (AvgIpc) is 2.92. The van der Waals surface area contributed by atoms with Crippen molar-refractivity contribution in [2.75, 3.05) is 6.61 Å². The molecule has 0 fully saturated rings. The van der Waals surface area contributed by atoms with E-state index < -0.39 is 0 Å². The van der Waals surface area contributed by atoms with Crippen LogP contribution in [0.3, 0.4) is 0 Å². The first kappa shape index (κ1) is 12.9. The summed E-state index contributed by atoms with van der Waals surface area (Å²) in [4.78, 5) is 12.5. The Balaban J connectivity index is 1.74. The van der Waals surface area contributed by atoms with Crippen LogP contribution in [0.15, 0.2) is 48.5 Å². The maximum Gasteiger partial charge on any atom is 0.148 e. The quantitative estimate of drug-likeness (QED) is 0.846. The second kappa shape index (κ2) is 5.49. The van der Waals surface area contributed by atoms with Gasteiger partial charge >= 0.3 is 0 Å². The molecule has 0 amide bonds. The minimum atomic E-state index is -0.114. The van der Waals surface area contributed by atoms with Crippen molar-refractivity contribution < 1.29 is 9.53 Å². The Hall–Kier alpha value is -2.09. The Kier molecular flexibility index (Phi) is 3.55. The summed E-state index contributed by atoms with van der Waals surface area (Å²) in [6.45, 7) is 2.61. The van der Waals surface area contributed by atoms with Gasteiger partial charge in [-0.1, -0.05) is 49.4 Å². The first-order valence-electron chi connectivity index (χ1n) is 7.10.